The lowest BCUT2D eigenvalue weighted by molar-refractivity contribution is -0.141. The van der Waals surface area contributed by atoms with Gasteiger partial charge in [0.1, 0.15) is 0 Å². The fourth-order valence-corrected chi connectivity index (χ4v) is 6.87. The molecule has 1 unspecified atom stereocenters. The molecular weight excluding hydrogens is 535 g/mol. The van der Waals surface area contributed by atoms with Crippen LogP contribution in [0.3, 0.4) is 0 Å². The summed E-state index contributed by atoms with van der Waals surface area (Å²) < 4.78 is 56.3. The standard InChI is InChI=1S/C23H26Cl2N2O6S2/c1-16(23(28)29)4-2-3-5-20-14-19(26-34(30,31)21-10-6-17(24)7-11-21)15-27(20)35(32,33)22-12-8-18(25)9-13-22/h3,5-13,16,19-20,26H,2,4,14-15H2,1H3,(H,28,29)/b5-3-/t16?,19-,20-/m1/s1. The van der Waals surface area contributed by atoms with E-state index in [9.17, 15) is 21.6 Å². The molecule has 1 saturated heterocycles. The van der Waals surface area contributed by atoms with Crippen LogP contribution in [0.25, 0.3) is 0 Å². The lowest BCUT2D eigenvalue weighted by Crippen LogP contribution is -2.39. The molecule has 3 rings (SSSR count). The van der Waals surface area contributed by atoms with Gasteiger partial charge in [-0.25, -0.2) is 21.6 Å². The molecule has 0 amide bonds. The summed E-state index contributed by atoms with van der Waals surface area (Å²) in [5, 5.41) is 9.83. The Morgan fingerprint density at radius 3 is 2.14 bits per heavy atom. The lowest BCUT2D eigenvalue weighted by Gasteiger charge is -2.22. The number of sulfonamides is 2. The number of hydrogen-bond donors (Lipinski definition) is 2. The molecule has 190 valence electrons. The van der Waals surface area contributed by atoms with Crippen LogP contribution in [-0.4, -0.2) is 50.8 Å². The summed E-state index contributed by atoms with van der Waals surface area (Å²) in [6.45, 7) is 1.53. The van der Waals surface area contributed by atoms with Crippen LogP contribution >= 0.6 is 23.2 Å². The fourth-order valence-electron chi connectivity index (χ4n) is 3.74. The van der Waals surface area contributed by atoms with Crippen LogP contribution in [-0.2, 0) is 24.8 Å². The molecule has 1 aliphatic rings. The highest BCUT2D eigenvalue weighted by Crippen LogP contribution is 2.29. The summed E-state index contributed by atoms with van der Waals surface area (Å²) in [6, 6.07) is 10.1. The molecule has 0 aliphatic carbocycles. The summed E-state index contributed by atoms with van der Waals surface area (Å²) in [5.41, 5.74) is 0. The maximum Gasteiger partial charge on any atom is 0.306 e. The molecule has 2 aromatic carbocycles. The smallest absolute Gasteiger partial charge is 0.306 e. The van der Waals surface area contributed by atoms with Gasteiger partial charge in [0.15, 0.2) is 0 Å². The highest BCUT2D eigenvalue weighted by atomic mass is 35.5. The monoisotopic (exact) mass is 560 g/mol. The summed E-state index contributed by atoms with van der Waals surface area (Å²) in [6.07, 6.45) is 4.49. The number of carboxylic acid groups (broad SMARTS) is 1. The lowest BCUT2D eigenvalue weighted by atomic mass is 10.1. The van der Waals surface area contributed by atoms with E-state index in [1.165, 1.54) is 52.8 Å². The highest BCUT2D eigenvalue weighted by molar-refractivity contribution is 7.89. The van der Waals surface area contributed by atoms with Gasteiger partial charge in [-0.05, 0) is 67.8 Å². The molecule has 0 radical (unpaired) electrons. The summed E-state index contributed by atoms with van der Waals surface area (Å²) in [4.78, 5) is 11.1. The van der Waals surface area contributed by atoms with Crippen molar-refractivity contribution in [3.8, 4) is 0 Å². The van der Waals surface area contributed by atoms with Gasteiger partial charge < -0.3 is 5.11 Å². The molecular formula is C23H26Cl2N2O6S2. The van der Waals surface area contributed by atoms with Gasteiger partial charge >= 0.3 is 5.97 Å². The van der Waals surface area contributed by atoms with Crippen LogP contribution in [0.4, 0.5) is 0 Å². The third-order valence-corrected chi connectivity index (χ3v) is 9.65. The van der Waals surface area contributed by atoms with Gasteiger partial charge in [-0.1, -0.05) is 42.3 Å². The molecule has 0 bridgehead atoms. The van der Waals surface area contributed by atoms with Crippen LogP contribution in [0, 0.1) is 5.92 Å². The van der Waals surface area contributed by atoms with Crippen LogP contribution in [0.15, 0.2) is 70.5 Å². The van der Waals surface area contributed by atoms with Gasteiger partial charge in [0, 0.05) is 28.7 Å². The predicted molar refractivity (Wildman–Crippen MR) is 134 cm³/mol. The van der Waals surface area contributed by atoms with Crippen molar-refractivity contribution in [3.63, 3.8) is 0 Å². The molecule has 0 aromatic heterocycles. The highest BCUT2D eigenvalue weighted by Gasteiger charge is 2.40. The Morgan fingerprint density at radius 2 is 1.60 bits per heavy atom. The van der Waals surface area contributed by atoms with Crippen LogP contribution in [0.2, 0.25) is 10.0 Å². The SMILES string of the molecule is CC(CC/C=C\[C@@H]1C[C@@H](NS(=O)(=O)c2ccc(Cl)cc2)CN1S(=O)(=O)c1ccc(Cl)cc1)C(=O)O. The molecule has 35 heavy (non-hydrogen) atoms. The molecule has 12 heteroatoms. The second kappa shape index (κ2) is 11.4. The zero-order chi connectivity index (χ0) is 25.8. The Hall–Kier alpha value is -1.95. The van der Waals surface area contributed by atoms with Gasteiger partial charge in [0.05, 0.1) is 15.7 Å². The van der Waals surface area contributed by atoms with Gasteiger partial charge in [-0.2, -0.15) is 4.31 Å². The Kier molecular flexibility index (Phi) is 9.01. The second-order valence-corrected chi connectivity index (χ2v) is 12.8. The maximum atomic E-state index is 13.4. The number of nitrogens with one attached hydrogen (secondary N) is 1. The summed E-state index contributed by atoms with van der Waals surface area (Å²) in [7, 11) is -7.86. The first kappa shape index (κ1) is 27.6. The summed E-state index contributed by atoms with van der Waals surface area (Å²) >= 11 is 11.7. The van der Waals surface area contributed by atoms with E-state index in [0.29, 0.717) is 22.9 Å². The van der Waals surface area contributed by atoms with Gasteiger partial charge in [0.2, 0.25) is 20.0 Å². The van der Waals surface area contributed by atoms with E-state index >= 15 is 0 Å². The Bertz CT molecular complexity index is 1280. The Labute approximate surface area is 215 Å². The zero-order valence-corrected chi connectivity index (χ0v) is 22.0. The number of carbonyl (C=O) groups is 1. The first-order valence-electron chi connectivity index (χ1n) is 10.8. The van der Waals surface area contributed by atoms with E-state index in [2.05, 4.69) is 4.72 Å². The topological polar surface area (TPSA) is 121 Å². The van der Waals surface area contributed by atoms with Crippen LogP contribution in [0.5, 0.6) is 0 Å². The Balaban J connectivity index is 1.83. The van der Waals surface area contributed by atoms with E-state index in [1.54, 1.807) is 19.1 Å². The number of halogens is 2. The molecule has 1 fully saturated rings. The van der Waals surface area contributed by atoms with Crippen molar-refractivity contribution in [2.45, 2.75) is 48.1 Å². The number of aliphatic carboxylic acids is 1. The average Bonchev–Trinajstić information content (AvgIpc) is 3.19. The van der Waals surface area contributed by atoms with Gasteiger partial charge in [0.25, 0.3) is 0 Å². The Morgan fingerprint density at radius 1 is 1.06 bits per heavy atom. The minimum atomic E-state index is -3.95. The van der Waals surface area contributed by atoms with Gasteiger partial charge in [-0.15, -0.1) is 0 Å². The van der Waals surface area contributed by atoms with Crippen LogP contribution < -0.4 is 4.72 Å². The van der Waals surface area contributed by atoms with Crippen molar-refractivity contribution in [2.75, 3.05) is 6.54 Å². The first-order chi connectivity index (χ1) is 16.4. The molecule has 0 saturated carbocycles. The predicted octanol–water partition coefficient (Wildman–Crippen LogP) is 4.16. The molecule has 0 spiro atoms. The third kappa shape index (κ3) is 7.05. The second-order valence-electron chi connectivity index (χ2n) is 8.35. The van der Waals surface area contributed by atoms with Crippen molar-refractivity contribution < 1.29 is 26.7 Å². The molecule has 2 N–H and O–H groups in total. The largest absolute Gasteiger partial charge is 0.481 e. The molecule has 1 aliphatic heterocycles. The number of carboxylic acids is 1. The van der Waals surface area contributed by atoms with E-state index in [0.717, 1.165) is 0 Å². The number of benzene rings is 2. The number of rotatable bonds is 10. The van der Waals surface area contributed by atoms with E-state index in [1.807, 2.05) is 0 Å². The zero-order valence-electron chi connectivity index (χ0n) is 18.8. The van der Waals surface area contributed by atoms with Gasteiger partial charge in [-0.3, -0.25) is 4.79 Å². The minimum absolute atomic E-state index is 0.0238. The van der Waals surface area contributed by atoms with Crippen molar-refractivity contribution in [2.24, 2.45) is 5.92 Å². The van der Waals surface area contributed by atoms with E-state index < -0.39 is 44.0 Å². The normalized spacial score (nSPS) is 20.3. The molecule has 1 heterocycles. The third-order valence-electron chi connectivity index (χ3n) is 5.71. The number of hydrogen-bond acceptors (Lipinski definition) is 5. The van der Waals surface area contributed by atoms with E-state index in [-0.39, 0.29) is 22.8 Å². The molecule has 3 atom stereocenters. The summed E-state index contributed by atoms with van der Waals surface area (Å²) in [5.74, 6) is -1.43. The van der Waals surface area contributed by atoms with Crippen molar-refractivity contribution in [1.29, 1.82) is 0 Å². The number of allylic oxidation sites excluding steroid dienone is 1. The van der Waals surface area contributed by atoms with E-state index in [4.69, 9.17) is 28.3 Å². The quantitative estimate of drug-likeness (QED) is 0.421. The minimum Gasteiger partial charge on any atom is -0.481 e. The number of nitrogens with zero attached hydrogens (tertiary/aromatic N) is 1. The average molecular weight is 562 g/mol. The molecule has 8 nitrogen and oxygen atoms in total. The molecule has 2 aromatic rings. The fraction of sp³-hybridized carbons (Fsp3) is 0.348. The maximum absolute atomic E-state index is 13.4. The van der Waals surface area contributed by atoms with Crippen molar-refractivity contribution >= 4 is 49.2 Å². The first-order valence-corrected chi connectivity index (χ1v) is 14.5. The van der Waals surface area contributed by atoms with Crippen LogP contribution in [0.1, 0.15) is 26.2 Å². The van der Waals surface area contributed by atoms with Crippen molar-refractivity contribution in [3.05, 3.63) is 70.7 Å². The van der Waals surface area contributed by atoms with Crippen molar-refractivity contribution in [1.82, 2.24) is 9.03 Å².